The number of hydrogen-bond donors (Lipinski definition) is 3. The normalized spacial score (nSPS) is 12.6. The standard InChI is InChI=1S/C13H17N3OS/c1-8(18-2)7-15-13(17)11-6-9-4-3-5-10(14)12(9)16-11/h3-6,8,16H,7,14H2,1-2H3,(H,15,17). The summed E-state index contributed by atoms with van der Waals surface area (Å²) in [6.07, 6.45) is 2.03. The Balaban J connectivity index is 2.16. The SMILES string of the molecule is CSC(C)CNC(=O)c1cc2cccc(N)c2[nH]1. The number of nitrogens with two attached hydrogens (primary N) is 1. The lowest BCUT2D eigenvalue weighted by atomic mass is 10.2. The van der Waals surface area contributed by atoms with E-state index < -0.39 is 0 Å². The summed E-state index contributed by atoms with van der Waals surface area (Å²) in [6, 6.07) is 7.45. The number of carbonyl (C=O) groups excluding carboxylic acids is 1. The summed E-state index contributed by atoms with van der Waals surface area (Å²) in [5, 5.41) is 4.26. The molecule has 1 atom stereocenters. The number of aromatic nitrogens is 1. The third kappa shape index (κ3) is 2.61. The van der Waals surface area contributed by atoms with Gasteiger partial charge in [-0.1, -0.05) is 19.1 Å². The Morgan fingerprint density at radius 3 is 3.00 bits per heavy atom. The van der Waals surface area contributed by atoms with E-state index in [9.17, 15) is 4.79 Å². The number of nitrogens with one attached hydrogen (secondary N) is 2. The Morgan fingerprint density at radius 2 is 2.33 bits per heavy atom. The molecule has 0 bridgehead atoms. The third-order valence-electron chi connectivity index (χ3n) is 2.89. The lowest BCUT2D eigenvalue weighted by Crippen LogP contribution is -2.29. The van der Waals surface area contributed by atoms with Crippen molar-refractivity contribution in [1.29, 1.82) is 0 Å². The highest BCUT2D eigenvalue weighted by Crippen LogP contribution is 2.21. The van der Waals surface area contributed by atoms with Gasteiger partial charge in [-0.3, -0.25) is 4.79 Å². The molecule has 1 unspecified atom stereocenters. The lowest BCUT2D eigenvalue weighted by Gasteiger charge is -2.08. The topological polar surface area (TPSA) is 70.9 Å². The first-order chi connectivity index (χ1) is 8.61. The van der Waals surface area contributed by atoms with E-state index in [0.29, 0.717) is 23.2 Å². The molecule has 1 amide bonds. The fourth-order valence-corrected chi connectivity index (χ4v) is 1.97. The van der Waals surface area contributed by atoms with Crippen molar-refractivity contribution in [2.24, 2.45) is 0 Å². The van der Waals surface area contributed by atoms with Gasteiger partial charge in [0.1, 0.15) is 5.69 Å². The predicted molar refractivity (Wildman–Crippen MR) is 78.0 cm³/mol. The van der Waals surface area contributed by atoms with Crippen molar-refractivity contribution in [3.05, 3.63) is 30.0 Å². The second-order valence-corrected chi connectivity index (χ2v) is 5.53. The van der Waals surface area contributed by atoms with Gasteiger partial charge in [0.05, 0.1) is 11.2 Å². The van der Waals surface area contributed by atoms with Crippen LogP contribution in [0, 0.1) is 0 Å². The molecule has 0 fully saturated rings. The van der Waals surface area contributed by atoms with E-state index in [1.807, 2.05) is 30.5 Å². The number of benzene rings is 1. The van der Waals surface area contributed by atoms with Gasteiger partial charge in [0, 0.05) is 17.2 Å². The van der Waals surface area contributed by atoms with Crippen LogP contribution in [0.5, 0.6) is 0 Å². The summed E-state index contributed by atoms with van der Waals surface area (Å²) in [5.41, 5.74) is 7.88. The Hall–Kier alpha value is -1.62. The molecule has 0 aliphatic heterocycles. The van der Waals surface area contributed by atoms with Crippen molar-refractivity contribution in [3.63, 3.8) is 0 Å². The molecule has 0 aliphatic carbocycles. The molecule has 0 radical (unpaired) electrons. The number of carbonyl (C=O) groups is 1. The van der Waals surface area contributed by atoms with Crippen LogP contribution < -0.4 is 11.1 Å². The van der Waals surface area contributed by atoms with Crippen molar-refractivity contribution < 1.29 is 4.79 Å². The second-order valence-electron chi connectivity index (χ2n) is 4.25. The highest BCUT2D eigenvalue weighted by atomic mass is 32.2. The van der Waals surface area contributed by atoms with Crippen LogP contribution in [0.25, 0.3) is 10.9 Å². The number of amides is 1. The van der Waals surface area contributed by atoms with Crippen LogP contribution in [-0.2, 0) is 0 Å². The highest BCUT2D eigenvalue weighted by Gasteiger charge is 2.11. The average Bonchev–Trinajstić information content (AvgIpc) is 2.81. The maximum atomic E-state index is 12.0. The Morgan fingerprint density at radius 1 is 1.56 bits per heavy atom. The number of aromatic amines is 1. The maximum Gasteiger partial charge on any atom is 0.267 e. The molecule has 1 aromatic carbocycles. The van der Waals surface area contributed by atoms with Gasteiger partial charge in [-0.15, -0.1) is 0 Å². The first-order valence-corrected chi connectivity index (χ1v) is 7.09. The Labute approximate surface area is 110 Å². The van der Waals surface area contributed by atoms with E-state index in [4.69, 9.17) is 5.73 Å². The molecular formula is C13H17N3OS. The fourth-order valence-electron chi connectivity index (χ4n) is 1.72. The van der Waals surface area contributed by atoms with Crippen LogP contribution >= 0.6 is 11.8 Å². The molecule has 4 nitrogen and oxygen atoms in total. The number of H-pyrrole nitrogens is 1. The highest BCUT2D eigenvalue weighted by molar-refractivity contribution is 7.99. The number of fused-ring (bicyclic) bond motifs is 1. The first-order valence-electron chi connectivity index (χ1n) is 5.80. The Bertz CT molecular complexity index is 564. The molecule has 2 rings (SSSR count). The molecule has 0 saturated carbocycles. The first kappa shape index (κ1) is 12.8. The number of hydrogen-bond acceptors (Lipinski definition) is 3. The second kappa shape index (κ2) is 5.35. The lowest BCUT2D eigenvalue weighted by molar-refractivity contribution is 0.0950. The summed E-state index contributed by atoms with van der Waals surface area (Å²) in [5.74, 6) is -0.0912. The van der Waals surface area contributed by atoms with Crippen LogP contribution in [0.3, 0.4) is 0 Å². The fraction of sp³-hybridized carbons (Fsp3) is 0.308. The quantitative estimate of drug-likeness (QED) is 0.741. The van der Waals surface area contributed by atoms with Gasteiger partial charge in [0.15, 0.2) is 0 Å². The van der Waals surface area contributed by atoms with E-state index in [1.54, 1.807) is 11.8 Å². The molecular weight excluding hydrogens is 246 g/mol. The minimum atomic E-state index is -0.0912. The number of rotatable bonds is 4. The third-order valence-corrected chi connectivity index (χ3v) is 3.86. The largest absolute Gasteiger partial charge is 0.397 e. The number of nitrogen functional groups attached to an aromatic ring is 1. The summed E-state index contributed by atoms with van der Waals surface area (Å²) in [6.45, 7) is 2.74. The van der Waals surface area contributed by atoms with E-state index in [2.05, 4.69) is 17.2 Å². The van der Waals surface area contributed by atoms with Gasteiger partial charge >= 0.3 is 0 Å². The van der Waals surface area contributed by atoms with Crippen LogP contribution in [0.1, 0.15) is 17.4 Å². The molecule has 0 saturated heterocycles. The van der Waals surface area contributed by atoms with Crippen molar-refractivity contribution in [3.8, 4) is 0 Å². The van der Waals surface area contributed by atoms with Crippen LogP contribution in [-0.4, -0.2) is 28.9 Å². The van der Waals surface area contributed by atoms with Crippen molar-refractivity contribution in [1.82, 2.24) is 10.3 Å². The minimum Gasteiger partial charge on any atom is -0.397 e. The summed E-state index contributed by atoms with van der Waals surface area (Å²) in [4.78, 5) is 15.0. The van der Waals surface area contributed by atoms with Crippen LogP contribution in [0.2, 0.25) is 0 Å². The number of thioether (sulfide) groups is 1. The van der Waals surface area contributed by atoms with Crippen molar-refractivity contribution in [2.75, 3.05) is 18.5 Å². The zero-order chi connectivity index (χ0) is 13.1. The molecule has 1 heterocycles. The van der Waals surface area contributed by atoms with E-state index in [0.717, 1.165) is 10.9 Å². The van der Waals surface area contributed by atoms with Gasteiger partial charge < -0.3 is 16.0 Å². The van der Waals surface area contributed by atoms with Crippen molar-refractivity contribution in [2.45, 2.75) is 12.2 Å². The molecule has 5 heteroatoms. The molecule has 1 aromatic heterocycles. The van der Waals surface area contributed by atoms with Gasteiger partial charge in [0.2, 0.25) is 0 Å². The monoisotopic (exact) mass is 263 g/mol. The molecule has 2 aromatic rings. The minimum absolute atomic E-state index is 0.0912. The summed E-state index contributed by atoms with van der Waals surface area (Å²) < 4.78 is 0. The molecule has 96 valence electrons. The predicted octanol–water partition coefficient (Wildman–Crippen LogP) is 2.23. The van der Waals surface area contributed by atoms with Gasteiger partial charge in [0.25, 0.3) is 5.91 Å². The van der Waals surface area contributed by atoms with Gasteiger partial charge in [-0.2, -0.15) is 11.8 Å². The molecule has 0 spiro atoms. The smallest absolute Gasteiger partial charge is 0.267 e. The zero-order valence-electron chi connectivity index (χ0n) is 10.5. The molecule has 18 heavy (non-hydrogen) atoms. The van der Waals surface area contributed by atoms with Gasteiger partial charge in [-0.25, -0.2) is 0 Å². The maximum absolute atomic E-state index is 12.0. The van der Waals surface area contributed by atoms with Crippen molar-refractivity contribution >= 4 is 34.3 Å². The summed E-state index contributed by atoms with van der Waals surface area (Å²) in [7, 11) is 0. The van der Waals surface area contributed by atoms with Crippen LogP contribution in [0.15, 0.2) is 24.3 Å². The zero-order valence-corrected chi connectivity index (χ0v) is 11.3. The average molecular weight is 263 g/mol. The van der Waals surface area contributed by atoms with Gasteiger partial charge in [-0.05, 0) is 18.4 Å². The summed E-state index contributed by atoms with van der Waals surface area (Å²) >= 11 is 1.72. The number of anilines is 1. The Kier molecular flexibility index (Phi) is 3.81. The van der Waals surface area contributed by atoms with Crippen LogP contribution in [0.4, 0.5) is 5.69 Å². The van der Waals surface area contributed by atoms with E-state index in [-0.39, 0.29) is 5.91 Å². The van der Waals surface area contributed by atoms with E-state index >= 15 is 0 Å². The molecule has 0 aliphatic rings. The van der Waals surface area contributed by atoms with E-state index in [1.165, 1.54) is 0 Å². The number of para-hydroxylation sites is 1. The molecule has 4 N–H and O–H groups in total.